The second kappa shape index (κ2) is 14.1. The maximum absolute atomic E-state index is 11.7. The molecule has 0 heterocycles. The summed E-state index contributed by atoms with van der Waals surface area (Å²) in [6, 6.07) is 0. The molecule has 34 heavy (non-hydrogen) atoms. The van der Waals surface area contributed by atoms with Crippen molar-refractivity contribution in [2.45, 2.75) is 153 Å². The first-order valence-electron chi connectivity index (χ1n) is 14.8. The first-order valence-corrected chi connectivity index (χ1v) is 14.8. The first-order chi connectivity index (χ1) is 16.5. The Morgan fingerprint density at radius 3 is 1.44 bits per heavy atom. The molecule has 196 valence electrons. The number of hydrogen-bond donors (Lipinski definition) is 0. The van der Waals surface area contributed by atoms with Crippen LogP contribution in [0.4, 0.5) is 0 Å². The smallest absolute Gasteiger partial charge is 0.132 e. The third kappa shape index (κ3) is 8.73. The molecule has 0 N–H and O–H groups in total. The normalized spacial score (nSPS) is 29.6. The standard InChI is InChI=1S/C30H52O4/c1-3-13-27(31)15-9-5-7-11-17-33-29-20-25-19-26(21-29)23-30(22-25,24-29)34-18-12-8-6-10-16-28(32)14-4-2/h25-26H,3-24H2,1-2H3. The van der Waals surface area contributed by atoms with Gasteiger partial charge in [-0.2, -0.15) is 0 Å². The monoisotopic (exact) mass is 476 g/mol. The van der Waals surface area contributed by atoms with Crippen molar-refractivity contribution in [1.82, 2.24) is 0 Å². The highest BCUT2D eigenvalue weighted by Gasteiger charge is 2.59. The maximum atomic E-state index is 11.7. The van der Waals surface area contributed by atoms with Gasteiger partial charge in [0.05, 0.1) is 11.2 Å². The molecule has 4 aliphatic carbocycles. The predicted molar refractivity (Wildman–Crippen MR) is 138 cm³/mol. The van der Waals surface area contributed by atoms with Crippen LogP contribution in [0, 0.1) is 11.8 Å². The van der Waals surface area contributed by atoms with Crippen LogP contribution in [0.1, 0.15) is 142 Å². The number of carbonyl (C=O) groups excluding carboxylic acids is 2. The fourth-order valence-corrected chi connectivity index (χ4v) is 7.37. The molecule has 0 spiro atoms. The summed E-state index contributed by atoms with van der Waals surface area (Å²) in [4.78, 5) is 23.3. The molecule has 0 aromatic heterocycles. The molecule has 0 amide bonds. The Morgan fingerprint density at radius 2 is 1.03 bits per heavy atom. The van der Waals surface area contributed by atoms with Gasteiger partial charge < -0.3 is 9.47 Å². The van der Waals surface area contributed by atoms with Crippen LogP contribution in [0.2, 0.25) is 0 Å². The Kier molecular flexibility index (Phi) is 11.6. The minimum Gasteiger partial charge on any atom is -0.375 e. The maximum Gasteiger partial charge on any atom is 0.132 e. The van der Waals surface area contributed by atoms with Crippen molar-refractivity contribution in [2.75, 3.05) is 13.2 Å². The number of unbranched alkanes of at least 4 members (excludes halogenated alkanes) is 6. The highest BCUT2D eigenvalue weighted by Crippen LogP contribution is 2.60. The van der Waals surface area contributed by atoms with E-state index in [1.165, 1.54) is 44.9 Å². The van der Waals surface area contributed by atoms with E-state index in [2.05, 4.69) is 13.8 Å². The zero-order chi connectivity index (χ0) is 24.3. The predicted octanol–water partition coefficient (Wildman–Crippen LogP) is 7.75. The number of Topliss-reactive ketones (excluding diaryl/α,β-unsaturated/α-hetero) is 2. The highest BCUT2D eigenvalue weighted by atomic mass is 16.5. The van der Waals surface area contributed by atoms with Crippen LogP contribution >= 0.6 is 0 Å². The molecule has 4 fully saturated rings. The van der Waals surface area contributed by atoms with Gasteiger partial charge in [-0.15, -0.1) is 0 Å². The van der Waals surface area contributed by atoms with Crippen LogP contribution in [-0.4, -0.2) is 36.0 Å². The largest absolute Gasteiger partial charge is 0.375 e. The molecule has 4 rings (SSSR count). The number of hydrogen-bond acceptors (Lipinski definition) is 4. The van der Waals surface area contributed by atoms with Crippen molar-refractivity contribution in [3.8, 4) is 0 Å². The molecule has 4 saturated carbocycles. The highest BCUT2D eigenvalue weighted by molar-refractivity contribution is 5.78. The summed E-state index contributed by atoms with van der Waals surface area (Å²) in [5, 5.41) is 0. The van der Waals surface area contributed by atoms with Gasteiger partial charge in [0.1, 0.15) is 11.6 Å². The van der Waals surface area contributed by atoms with Gasteiger partial charge in [-0.1, -0.05) is 39.5 Å². The van der Waals surface area contributed by atoms with E-state index < -0.39 is 0 Å². The van der Waals surface area contributed by atoms with E-state index in [0.29, 0.717) is 11.6 Å². The summed E-state index contributed by atoms with van der Waals surface area (Å²) < 4.78 is 13.3. The summed E-state index contributed by atoms with van der Waals surface area (Å²) in [6.07, 6.45) is 21.4. The number of rotatable bonds is 20. The second-order valence-corrected chi connectivity index (χ2v) is 11.9. The van der Waals surface area contributed by atoms with Crippen molar-refractivity contribution >= 4 is 11.6 Å². The topological polar surface area (TPSA) is 52.6 Å². The summed E-state index contributed by atoms with van der Waals surface area (Å²) in [6.45, 7) is 5.90. The van der Waals surface area contributed by atoms with Crippen molar-refractivity contribution in [1.29, 1.82) is 0 Å². The average Bonchev–Trinajstić information content (AvgIpc) is 2.77. The molecular weight excluding hydrogens is 424 g/mol. The van der Waals surface area contributed by atoms with Crippen LogP contribution in [0.5, 0.6) is 0 Å². The van der Waals surface area contributed by atoms with Crippen molar-refractivity contribution < 1.29 is 19.1 Å². The summed E-state index contributed by atoms with van der Waals surface area (Å²) >= 11 is 0. The van der Waals surface area contributed by atoms with Crippen LogP contribution in [0.25, 0.3) is 0 Å². The molecule has 0 atom stereocenters. The van der Waals surface area contributed by atoms with Crippen LogP contribution in [-0.2, 0) is 19.1 Å². The number of ketones is 2. The summed E-state index contributed by atoms with van der Waals surface area (Å²) in [5.74, 6) is 2.44. The fraction of sp³-hybridized carbons (Fsp3) is 0.933. The minimum atomic E-state index is 0.0703. The zero-order valence-electron chi connectivity index (χ0n) is 22.3. The molecule has 0 unspecified atom stereocenters. The quantitative estimate of drug-likeness (QED) is 0.169. The first kappa shape index (κ1) is 27.8. The van der Waals surface area contributed by atoms with E-state index in [4.69, 9.17) is 9.47 Å². The molecule has 0 aromatic rings. The van der Waals surface area contributed by atoms with Crippen molar-refractivity contribution in [3.05, 3.63) is 0 Å². The van der Waals surface area contributed by atoms with E-state index in [9.17, 15) is 9.59 Å². The molecule has 0 aliphatic heterocycles. The lowest BCUT2D eigenvalue weighted by Crippen LogP contribution is -2.61. The fourth-order valence-electron chi connectivity index (χ4n) is 7.37. The third-order valence-electron chi connectivity index (χ3n) is 8.53. The zero-order valence-corrected chi connectivity index (χ0v) is 22.3. The van der Waals surface area contributed by atoms with Gasteiger partial charge in [-0.3, -0.25) is 9.59 Å². The SMILES string of the molecule is CCCC(=O)CCCCCCOC12CC3CC(C1)CC(OCCCCCCC(=O)CCC)(C3)C2. The van der Waals surface area contributed by atoms with Crippen LogP contribution in [0.15, 0.2) is 0 Å². The second-order valence-electron chi connectivity index (χ2n) is 11.9. The molecule has 0 aromatic carbocycles. The number of carbonyl (C=O) groups is 2. The van der Waals surface area contributed by atoms with Crippen LogP contribution < -0.4 is 0 Å². The Labute approximate surface area is 209 Å². The van der Waals surface area contributed by atoms with Gasteiger partial charge >= 0.3 is 0 Å². The van der Waals surface area contributed by atoms with Gasteiger partial charge in [0, 0.05) is 45.3 Å². The lowest BCUT2D eigenvalue weighted by Gasteiger charge is -2.61. The minimum absolute atomic E-state index is 0.0703. The Balaban J connectivity index is 1.31. The Morgan fingerprint density at radius 1 is 0.618 bits per heavy atom. The van der Waals surface area contributed by atoms with Crippen LogP contribution in [0.3, 0.4) is 0 Å². The Hall–Kier alpha value is -0.740. The molecule has 4 heteroatoms. The van der Waals surface area contributed by atoms with Gasteiger partial charge in [0.25, 0.3) is 0 Å². The molecule has 0 radical (unpaired) electrons. The molecule has 0 saturated heterocycles. The lowest BCUT2D eigenvalue weighted by atomic mass is 9.52. The molecule has 4 aliphatic rings. The average molecular weight is 477 g/mol. The van der Waals surface area contributed by atoms with Gasteiger partial charge in [0.2, 0.25) is 0 Å². The van der Waals surface area contributed by atoms with Gasteiger partial charge in [0.15, 0.2) is 0 Å². The van der Waals surface area contributed by atoms with E-state index in [-0.39, 0.29) is 11.2 Å². The summed E-state index contributed by atoms with van der Waals surface area (Å²) in [5.41, 5.74) is 0.141. The molecule has 4 nitrogen and oxygen atoms in total. The van der Waals surface area contributed by atoms with Gasteiger partial charge in [-0.25, -0.2) is 0 Å². The van der Waals surface area contributed by atoms with E-state index in [0.717, 1.165) is 109 Å². The van der Waals surface area contributed by atoms with Crippen molar-refractivity contribution in [3.63, 3.8) is 0 Å². The summed E-state index contributed by atoms with van der Waals surface area (Å²) in [7, 11) is 0. The van der Waals surface area contributed by atoms with Gasteiger partial charge in [-0.05, 0) is 82.5 Å². The lowest BCUT2D eigenvalue weighted by molar-refractivity contribution is -0.237. The molecular formula is C30H52O4. The number of ether oxygens (including phenoxy) is 2. The molecule has 4 bridgehead atoms. The van der Waals surface area contributed by atoms with Crippen molar-refractivity contribution in [2.24, 2.45) is 11.8 Å². The van der Waals surface area contributed by atoms with E-state index in [1.807, 2.05) is 0 Å². The third-order valence-corrected chi connectivity index (χ3v) is 8.53. The van der Waals surface area contributed by atoms with E-state index >= 15 is 0 Å². The Bertz CT molecular complexity index is 563. The van der Waals surface area contributed by atoms with E-state index in [1.54, 1.807) is 0 Å².